The fourth-order valence-electron chi connectivity index (χ4n) is 4.32. The summed E-state index contributed by atoms with van der Waals surface area (Å²) in [4.78, 5) is 39.0. The number of benzene rings is 2. The zero-order valence-electron chi connectivity index (χ0n) is 21.8. The maximum absolute atomic E-state index is 12.8. The number of amides is 2. The fourth-order valence-corrected chi connectivity index (χ4v) is 4.32. The van der Waals surface area contributed by atoms with E-state index in [2.05, 4.69) is 20.7 Å². The van der Waals surface area contributed by atoms with Gasteiger partial charge in [0.25, 0.3) is 0 Å². The number of hydrogen-bond donors (Lipinski definition) is 2. The molecule has 1 aliphatic rings. The first-order valence-electron chi connectivity index (χ1n) is 12.6. The van der Waals surface area contributed by atoms with E-state index in [0.29, 0.717) is 22.8 Å². The summed E-state index contributed by atoms with van der Waals surface area (Å²) in [6.45, 7) is 9.17. The first-order valence-corrected chi connectivity index (χ1v) is 12.6. The Hall–Kier alpha value is -3.94. The summed E-state index contributed by atoms with van der Waals surface area (Å²) in [6.07, 6.45) is 1.72. The number of anilines is 3. The Morgan fingerprint density at radius 2 is 1.62 bits per heavy atom. The Kier molecular flexibility index (Phi) is 7.76. The topological polar surface area (TPSA) is 105 Å². The van der Waals surface area contributed by atoms with E-state index in [1.54, 1.807) is 13.0 Å². The molecule has 1 aliphatic heterocycles. The van der Waals surface area contributed by atoms with Crippen molar-refractivity contribution in [3.8, 4) is 0 Å². The number of piperidine rings is 1. The molecular weight excluding hydrogens is 468 g/mol. The van der Waals surface area contributed by atoms with E-state index in [9.17, 15) is 14.4 Å². The van der Waals surface area contributed by atoms with E-state index >= 15 is 0 Å². The van der Waals surface area contributed by atoms with Gasteiger partial charge in [-0.15, -0.1) is 0 Å². The van der Waals surface area contributed by atoms with Crippen molar-refractivity contribution in [2.45, 2.75) is 52.4 Å². The van der Waals surface area contributed by atoms with Crippen LogP contribution in [0.4, 0.5) is 17.2 Å². The summed E-state index contributed by atoms with van der Waals surface area (Å²) in [6, 6.07) is 16.7. The quantitative estimate of drug-likeness (QED) is 0.430. The lowest BCUT2D eigenvalue weighted by atomic mass is 9.93. The van der Waals surface area contributed by atoms with Crippen molar-refractivity contribution in [1.82, 2.24) is 5.16 Å². The highest BCUT2D eigenvalue weighted by atomic mass is 16.5. The molecule has 37 heavy (non-hydrogen) atoms. The monoisotopic (exact) mass is 502 g/mol. The molecule has 1 aromatic heterocycles. The third-order valence-corrected chi connectivity index (χ3v) is 6.61. The molecule has 0 saturated carbocycles. The number of rotatable bonds is 7. The summed E-state index contributed by atoms with van der Waals surface area (Å²) in [5, 5.41) is 9.69. The molecule has 2 amide bonds. The van der Waals surface area contributed by atoms with Gasteiger partial charge in [0, 0.05) is 47.4 Å². The summed E-state index contributed by atoms with van der Waals surface area (Å²) >= 11 is 0. The minimum absolute atomic E-state index is 0.0118. The maximum atomic E-state index is 12.8. The zero-order valence-corrected chi connectivity index (χ0v) is 21.8. The largest absolute Gasteiger partial charge is 0.371 e. The first kappa shape index (κ1) is 26.1. The highest BCUT2D eigenvalue weighted by molar-refractivity contribution is 5.95. The molecule has 0 radical (unpaired) electrons. The summed E-state index contributed by atoms with van der Waals surface area (Å²) in [5.74, 6) is 0.930. The van der Waals surface area contributed by atoms with Gasteiger partial charge in [-0.05, 0) is 61.7 Å². The molecule has 1 fully saturated rings. The number of nitrogens with one attached hydrogen (secondary N) is 2. The van der Waals surface area contributed by atoms with Crippen LogP contribution in [0.5, 0.6) is 0 Å². The Morgan fingerprint density at radius 3 is 2.19 bits per heavy atom. The average molecular weight is 503 g/mol. The van der Waals surface area contributed by atoms with Crippen molar-refractivity contribution >= 4 is 34.8 Å². The molecule has 0 spiro atoms. The standard InChI is InChI=1S/C29H34N4O4/c1-19(34)21-7-11-24(12-8-21)33-15-13-22(14-16-33)28(36)30-23-9-5-20(6-10-23)17-27(35)31-26-18-25(37-32-26)29(2,3)4/h5-12,18,22H,13-17H2,1-4H3,(H,30,36)(H,31,32,35). The SMILES string of the molecule is CC(=O)c1ccc(N2CCC(C(=O)Nc3ccc(CC(=O)Nc4cc(C(C)(C)C)on4)cc3)CC2)cc1. The van der Waals surface area contributed by atoms with Crippen LogP contribution in [0.1, 0.15) is 62.2 Å². The molecule has 8 nitrogen and oxygen atoms in total. The van der Waals surface area contributed by atoms with Crippen molar-refractivity contribution in [3.63, 3.8) is 0 Å². The predicted octanol–water partition coefficient (Wildman–Crippen LogP) is 5.21. The van der Waals surface area contributed by atoms with Crippen LogP contribution in [0.25, 0.3) is 0 Å². The highest BCUT2D eigenvalue weighted by Crippen LogP contribution is 2.26. The number of Topliss-reactive ketones (excluding diaryl/α,β-unsaturated/α-hetero) is 1. The van der Waals surface area contributed by atoms with Gasteiger partial charge in [0.15, 0.2) is 11.6 Å². The first-order chi connectivity index (χ1) is 17.6. The molecule has 2 aromatic carbocycles. The molecule has 4 rings (SSSR count). The molecular formula is C29H34N4O4. The van der Waals surface area contributed by atoms with E-state index in [1.807, 2.05) is 69.3 Å². The van der Waals surface area contributed by atoms with Gasteiger partial charge < -0.3 is 20.1 Å². The zero-order chi connectivity index (χ0) is 26.6. The minimum atomic E-state index is -0.187. The molecule has 0 atom stereocenters. The fraction of sp³-hybridized carbons (Fsp3) is 0.379. The van der Waals surface area contributed by atoms with Crippen molar-refractivity contribution in [2.24, 2.45) is 5.92 Å². The third kappa shape index (κ3) is 6.84. The van der Waals surface area contributed by atoms with Crippen LogP contribution < -0.4 is 15.5 Å². The van der Waals surface area contributed by atoms with Crippen LogP contribution in [-0.4, -0.2) is 35.8 Å². The third-order valence-electron chi connectivity index (χ3n) is 6.61. The molecule has 194 valence electrons. The van der Waals surface area contributed by atoms with Gasteiger partial charge >= 0.3 is 0 Å². The van der Waals surface area contributed by atoms with Crippen molar-refractivity contribution in [2.75, 3.05) is 28.6 Å². The van der Waals surface area contributed by atoms with Crippen LogP contribution in [0.3, 0.4) is 0 Å². The Bertz CT molecular complexity index is 1250. The molecule has 2 heterocycles. The van der Waals surface area contributed by atoms with Crippen LogP contribution >= 0.6 is 0 Å². The van der Waals surface area contributed by atoms with Gasteiger partial charge in [-0.2, -0.15) is 0 Å². The number of nitrogens with zero attached hydrogens (tertiary/aromatic N) is 2. The van der Waals surface area contributed by atoms with Crippen LogP contribution in [0.15, 0.2) is 59.1 Å². The number of carbonyl (C=O) groups excluding carboxylic acids is 3. The highest BCUT2D eigenvalue weighted by Gasteiger charge is 2.25. The van der Waals surface area contributed by atoms with Crippen LogP contribution in [0.2, 0.25) is 0 Å². The van der Waals surface area contributed by atoms with Crippen molar-refractivity contribution in [1.29, 1.82) is 0 Å². The van der Waals surface area contributed by atoms with Gasteiger partial charge in [-0.25, -0.2) is 0 Å². The lowest BCUT2D eigenvalue weighted by Crippen LogP contribution is -2.38. The second kappa shape index (κ2) is 11.0. The second-order valence-electron chi connectivity index (χ2n) is 10.6. The van der Waals surface area contributed by atoms with Gasteiger partial charge in [-0.1, -0.05) is 38.1 Å². The second-order valence-corrected chi connectivity index (χ2v) is 10.6. The molecule has 8 heteroatoms. The van der Waals surface area contributed by atoms with E-state index in [1.165, 1.54) is 0 Å². The van der Waals surface area contributed by atoms with Crippen molar-refractivity contribution in [3.05, 3.63) is 71.5 Å². The molecule has 1 saturated heterocycles. The molecule has 3 aromatic rings. The van der Waals surface area contributed by atoms with Gasteiger partial charge in [0.1, 0.15) is 5.76 Å². The predicted molar refractivity (Wildman–Crippen MR) is 144 cm³/mol. The Labute approximate surface area is 217 Å². The molecule has 2 N–H and O–H groups in total. The van der Waals surface area contributed by atoms with Gasteiger partial charge in [0.05, 0.1) is 6.42 Å². The summed E-state index contributed by atoms with van der Waals surface area (Å²) in [7, 11) is 0. The smallest absolute Gasteiger partial charge is 0.230 e. The minimum Gasteiger partial charge on any atom is -0.371 e. The van der Waals surface area contributed by atoms with E-state index in [4.69, 9.17) is 4.52 Å². The normalized spacial score (nSPS) is 14.3. The molecule has 0 aliphatic carbocycles. The summed E-state index contributed by atoms with van der Waals surface area (Å²) in [5.41, 5.74) is 3.13. The number of carbonyl (C=O) groups is 3. The lowest BCUT2D eigenvalue weighted by molar-refractivity contribution is -0.120. The Morgan fingerprint density at radius 1 is 0.973 bits per heavy atom. The lowest BCUT2D eigenvalue weighted by Gasteiger charge is -2.33. The van der Waals surface area contributed by atoms with Gasteiger partial charge in [0.2, 0.25) is 11.8 Å². The number of hydrogen-bond acceptors (Lipinski definition) is 6. The Balaban J connectivity index is 1.24. The van der Waals surface area contributed by atoms with Crippen LogP contribution in [-0.2, 0) is 21.4 Å². The maximum Gasteiger partial charge on any atom is 0.230 e. The van der Waals surface area contributed by atoms with Crippen molar-refractivity contribution < 1.29 is 18.9 Å². The van der Waals surface area contributed by atoms with E-state index in [0.717, 1.165) is 37.2 Å². The average Bonchev–Trinajstić information content (AvgIpc) is 3.34. The van der Waals surface area contributed by atoms with E-state index < -0.39 is 0 Å². The number of aromatic nitrogens is 1. The van der Waals surface area contributed by atoms with Gasteiger partial charge in [-0.3, -0.25) is 14.4 Å². The number of ketones is 1. The summed E-state index contributed by atoms with van der Waals surface area (Å²) < 4.78 is 5.30. The van der Waals surface area contributed by atoms with Crippen LogP contribution in [0, 0.1) is 5.92 Å². The molecule has 0 unspecified atom stereocenters. The molecule has 0 bridgehead atoms. The van der Waals surface area contributed by atoms with E-state index in [-0.39, 0.29) is 35.4 Å².